The van der Waals surface area contributed by atoms with Crippen molar-refractivity contribution in [1.82, 2.24) is 19.5 Å². The van der Waals surface area contributed by atoms with Gasteiger partial charge in [-0.05, 0) is 25.3 Å². The SMILES string of the molecule is CSc1nc(C)nc2nc(=O)n(-c3cc(F)cc(F)c3)c(N)c12. The van der Waals surface area contributed by atoms with Crippen LogP contribution in [-0.4, -0.2) is 25.8 Å². The van der Waals surface area contributed by atoms with Gasteiger partial charge in [0.25, 0.3) is 0 Å². The zero-order chi connectivity index (χ0) is 16.7. The monoisotopic (exact) mass is 335 g/mol. The first kappa shape index (κ1) is 15.3. The van der Waals surface area contributed by atoms with Crippen LogP contribution in [0, 0.1) is 18.6 Å². The van der Waals surface area contributed by atoms with E-state index in [0.29, 0.717) is 22.3 Å². The molecule has 0 bridgehead atoms. The van der Waals surface area contributed by atoms with Crippen LogP contribution in [0.4, 0.5) is 14.6 Å². The zero-order valence-electron chi connectivity index (χ0n) is 12.2. The fourth-order valence-corrected chi connectivity index (χ4v) is 2.88. The molecule has 1 aromatic carbocycles. The molecule has 0 saturated carbocycles. The molecule has 0 aliphatic heterocycles. The van der Waals surface area contributed by atoms with Crippen molar-refractivity contribution >= 4 is 28.6 Å². The lowest BCUT2D eigenvalue weighted by molar-refractivity contribution is 0.581. The summed E-state index contributed by atoms with van der Waals surface area (Å²) in [6.07, 6.45) is 1.79. The van der Waals surface area contributed by atoms with Crippen molar-refractivity contribution in [3.63, 3.8) is 0 Å². The normalized spacial score (nSPS) is 11.1. The summed E-state index contributed by atoms with van der Waals surface area (Å²) in [4.78, 5) is 24.5. The second-order valence-corrected chi connectivity index (χ2v) is 5.52. The highest BCUT2D eigenvalue weighted by Crippen LogP contribution is 2.28. The molecule has 2 aromatic heterocycles. The van der Waals surface area contributed by atoms with Crippen LogP contribution in [0.5, 0.6) is 0 Å². The average molecular weight is 335 g/mol. The van der Waals surface area contributed by atoms with Gasteiger partial charge in [0.15, 0.2) is 5.65 Å². The van der Waals surface area contributed by atoms with Crippen molar-refractivity contribution in [2.24, 2.45) is 0 Å². The van der Waals surface area contributed by atoms with E-state index in [1.807, 2.05) is 0 Å². The Balaban J connectivity index is 2.43. The predicted octanol–water partition coefficient (Wildman–Crippen LogP) is 2.07. The van der Waals surface area contributed by atoms with E-state index >= 15 is 0 Å². The van der Waals surface area contributed by atoms with E-state index in [1.165, 1.54) is 11.8 Å². The largest absolute Gasteiger partial charge is 0.384 e. The number of nitrogen functional groups attached to an aromatic ring is 1. The molecular formula is C14H11F2N5OS. The average Bonchev–Trinajstić information content (AvgIpc) is 2.44. The van der Waals surface area contributed by atoms with Crippen LogP contribution in [0.3, 0.4) is 0 Å². The van der Waals surface area contributed by atoms with Gasteiger partial charge in [0.2, 0.25) is 0 Å². The highest BCUT2D eigenvalue weighted by molar-refractivity contribution is 7.98. The summed E-state index contributed by atoms with van der Waals surface area (Å²) in [5.41, 5.74) is 5.39. The van der Waals surface area contributed by atoms with Gasteiger partial charge in [-0.2, -0.15) is 4.98 Å². The molecule has 0 saturated heterocycles. The third-order valence-corrected chi connectivity index (χ3v) is 3.84. The van der Waals surface area contributed by atoms with E-state index in [2.05, 4.69) is 15.0 Å². The molecule has 0 aliphatic carbocycles. The van der Waals surface area contributed by atoms with Crippen molar-refractivity contribution < 1.29 is 8.78 Å². The van der Waals surface area contributed by atoms with Crippen LogP contribution >= 0.6 is 11.8 Å². The standard InChI is InChI=1S/C14H11F2N5OS/c1-6-18-12-10(13(19-6)23-2)11(17)21(14(22)20-12)9-4-7(15)3-8(16)5-9/h3-5H,17H2,1-2H3. The van der Waals surface area contributed by atoms with E-state index in [1.54, 1.807) is 13.2 Å². The van der Waals surface area contributed by atoms with E-state index in [-0.39, 0.29) is 17.2 Å². The topological polar surface area (TPSA) is 86.7 Å². The van der Waals surface area contributed by atoms with Crippen LogP contribution in [0.25, 0.3) is 16.7 Å². The lowest BCUT2D eigenvalue weighted by Gasteiger charge is -2.13. The molecule has 6 nitrogen and oxygen atoms in total. The predicted molar refractivity (Wildman–Crippen MR) is 83.8 cm³/mol. The summed E-state index contributed by atoms with van der Waals surface area (Å²) in [5, 5.41) is 0.899. The van der Waals surface area contributed by atoms with E-state index < -0.39 is 17.3 Å². The number of aromatic nitrogens is 4. The van der Waals surface area contributed by atoms with Gasteiger partial charge in [-0.25, -0.2) is 28.1 Å². The second-order valence-electron chi connectivity index (χ2n) is 4.72. The van der Waals surface area contributed by atoms with Crippen LogP contribution in [0.2, 0.25) is 0 Å². The minimum Gasteiger partial charge on any atom is -0.384 e. The Bertz CT molecular complexity index is 969. The third kappa shape index (κ3) is 2.63. The molecule has 118 valence electrons. The van der Waals surface area contributed by atoms with Crippen molar-refractivity contribution in [1.29, 1.82) is 0 Å². The number of fused-ring (bicyclic) bond motifs is 1. The van der Waals surface area contributed by atoms with Crippen LogP contribution in [-0.2, 0) is 0 Å². The molecule has 0 atom stereocenters. The number of aryl methyl sites for hydroxylation is 1. The molecule has 2 heterocycles. The van der Waals surface area contributed by atoms with Crippen molar-refractivity contribution in [2.75, 3.05) is 12.0 Å². The maximum absolute atomic E-state index is 13.4. The van der Waals surface area contributed by atoms with Gasteiger partial charge in [0, 0.05) is 6.07 Å². The van der Waals surface area contributed by atoms with Crippen LogP contribution in [0.15, 0.2) is 28.0 Å². The number of benzene rings is 1. The minimum atomic E-state index is -0.823. The highest BCUT2D eigenvalue weighted by Gasteiger charge is 2.17. The molecule has 9 heteroatoms. The number of halogens is 2. The van der Waals surface area contributed by atoms with E-state index in [4.69, 9.17) is 5.73 Å². The van der Waals surface area contributed by atoms with Crippen molar-refractivity contribution in [2.45, 2.75) is 11.9 Å². The molecule has 2 N–H and O–H groups in total. The maximum atomic E-state index is 13.4. The number of hydrogen-bond acceptors (Lipinski definition) is 6. The molecule has 3 aromatic rings. The van der Waals surface area contributed by atoms with Gasteiger partial charge in [0.1, 0.15) is 28.3 Å². The quantitative estimate of drug-likeness (QED) is 0.570. The molecule has 0 unspecified atom stereocenters. The van der Waals surface area contributed by atoms with E-state index in [0.717, 1.165) is 16.7 Å². The zero-order valence-corrected chi connectivity index (χ0v) is 13.0. The number of thioether (sulfide) groups is 1. The third-order valence-electron chi connectivity index (χ3n) is 3.16. The number of nitrogens with zero attached hydrogens (tertiary/aromatic N) is 4. The fraction of sp³-hybridized carbons (Fsp3) is 0.143. The molecule has 0 radical (unpaired) electrons. The summed E-state index contributed by atoms with van der Waals surface area (Å²) >= 11 is 1.31. The lowest BCUT2D eigenvalue weighted by atomic mass is 10.2. The van der Waals surface area contributed by atoms with Gasteiger partial charge in [-0.15, -0.1) is 11.8 Å². The van der Waals surface area contributed by atoms with Gasteiger partial charge in [-0.3, -0.25) is 0 Å². The molecule has 0 amide bonds. The maximum Gasteiger partial charge on any atom is 0.355 e. The summed E-state index contributed by atoms with van der Waals surface area (Å²) in [6, 6.07) is 2.71. The fourth-order valence-electron chi connectivity index (χ4n) is 2.26. The Morgan fingerprint density at radius 3 is 2.39 bits per heavy atom. The Morgan fingerprint density at radius 1 is 1.13 bits per heavy atom. The summed E-state index contributed by atoms with van der Waals surface area (Å²) in [7, 11) is 0. The smallest absolute Gasteiger partial charge is 0.355 e. The number of nitrogens with two attached hydrogens (primary N) is 1. The first-order valence-corrected chi connectivity index (χ1v) is 7.70. The first-order chi connectivity index (χ1) is 10.9. The van der Waals surface area contributed by atoms with Gasteiger partial charge in [-0.1, -0.05) is 0 Å². The number of rotatable bonds is 2. The Hall–Kier alpha value is -2.55. The minimum absolute atomic E-state index is 0.0191. The van der Waals surface area contributed by atoms with Crippen molar-refractivity contribution in [3.05, 3.63) is 46.1 Å². The summed E-state index contributed by atoms with van der Waals surface area (Å²) < 4.78 is 27.8. The van der Waals surface area contributed by atoms with Crippen LogP contribution < -0.4 is 11.4 Å². The number of anilines is 1. The Labute approximate surface area is 133 Å². The van der Waals surface area contributed by atoms with Gasteiger partial charge in [0.05, 0.1) is 11.1 Å². The first-order valence-electron chi connectivity index (χ1n) is 6.48. The molecule has 0 spiro atoms. The molecule has 23 heavy (non-hydrogen) atoms. The lowest BCUT2D eigenvalue weighted by Crippen LogP contribution is -2.25. The van der Waals surface area contributed by atoms with Crippen LogP contribution in [0.1, 0.15) is 5.82 Å². The molecule has 3 rings (SSSR count). The van der Waals surface area contributed by atoms with Gasteiger partial charge >= 0.3 is 5.69 Å². The molecule has 0 aliphatic rings. The second kappa shape index (κ2) is 5.58. The Morgan fingerprint density at radius 2 is 1.78 bits per heavy atom. The van der Waals surface area contributed by atoms with Crippen molar-refractivity contribution in [3.8, 4) is 5.69 Å². The Kier molecular flexibility index (Phi) is 3.72. The molecule has 0 fully saturated rings. The summed E-state index contributed by atoms with van der Waals surface area (Å²) in [6.45, 7) is 1.67. The number of hydrogen-bond donors (Lipinski definition) is 1. The highest BCUT2D eigenvalue weighted by atomic mass is 32.2. The summed E-state index contributed by atoms with van der Waals surface area (Å²) in [5.74, 6) is -1.22. The molecular weight excluding hydrogens is 324 g/mol. The van der Waals surface area contributed by atoms with E-state index in [9.17, 15) is 13.6 Å². The van der Waals surface area contributed by atoms with Gasteiger partial charge < -0.3 is 5.73 Å².